The van der Waals surface area contributed by atoms with E-state index in [0.717, 1.165) is 34.0 Å². The maximum Gasteiger partial charge on any atom is 0.252 e. The fourth-order valence-corrected chi connectivity index (χ4v) is 15.2. The molecule has 0 bridgehead atoms. The van der Waals surface area contributed by atoms with Crippen LogP contribution in [0.3, 0.4) is 0 Å². The Morgan fingerprint density at radius 3 is 2.10 bits per heavy atom. The Balaban J connectivity index is 1.02. The van der Waals surface area contributed by atoms with Gasteiger partial charge in [0, 0.05) is 77.5 Å². The third kappa shape index (κ3) is 6.02. The summed E-state index contributed by atoms with van der Waals surface area (Å²) < 4.78 is 9.24. The molecule has 9 aromatic carbocycles. The molecule has 11 aromatic rings. The van der Waals surface area contributed by atoms with E-state index < -0.39 is 0 Å². The largest absolute Gasteiger partial charge is 0.456 e. The van der Waals surface area contributed by atoms with Crippen molar-refractivity contribution in [3.05, 3.63) is 199 Å². The summed E-state index contributed by atoms with van der Waals surface area (Å²) in [6, 6.07) is 69.1. The highest BCUT2D eigenvalue weighted by atomic mass is 32.1. The normalized spacial score (nSPS) is 18.9. The molecular weight excluding hydrogens is 906 g/mol. The Hall–Kier alpha value is -7.54. The molecule has 4 aliphatic rings. The van der Waals surface area contributed by atoms with Gasteiger partial charge >= 0.3 is 0 Å². The van der Waals surface area contributed by atoms with Gasteiger partial charge in [-0.1, -0.05) is 150 Å². The molecular formula is C67H56BN3OS. The van der Waals surface area contributed by atoms with Gasteiger partial charge in [0.1, 0.15) is 11.2 Å². The lowest BCUT2D eigenvalue weighted by atomic mass is 9.33. The van der Waals surface area contributed by atoms with Crippen LogP contribution in [0, 0.1) is 6.92 Å². The van der Waals surface area contributed by atoms with Gasteiger partial charge in [0.05, 0.1) is 15.9 Å². The van der Waals surface area contributed by atoms with E-state index in [2.05, 4.69) is 238 Å². The van der Waals surface area contributed by atoms with Gasteiger partial charge in [-0.3, -0.25) is 0 Å². The van der Waals surface area contributed by atoms with E-state index in [1.54, 1.807) is 0 Å². The smallest absolute Gasteiger partial charge is 0.252 e. The molecule has 1 saturated carbocycles. The number of hydrogen-bond acceptors (Lipinski definition) is 5. The van der Waals surface area contributed by atoms with E-state index in [1.807, 2.05) is 11.3 Å². The number of thiophene rings is 1. The first-order valence-electron chi connectivity index (χ1n) is 26.3. The second-order valence-electron chi connectivity index (χ2n) is 22.9. The Morgan fingerprint density at radius 2 is 1.25 bits per heavy atom. The average Bonchev–Trinajstić information content (AvgIpc) is 4.04. The SMILES string of the molecule is Cc1cc2c3c(c1)N(c1cccc4c1sc1ccccc14)c1cc(N4c5ccc(C(C)(C)C)cc5C5(C)CCCCC45C)ccc1B3c1cc(-c3ccccc3)ccc1N2c1ccc2c(c1)oc1ccccc12. The highest BCUT2D eigenvalue weighted by Gasteiger charge is 2.58. The van der Waals surface area contributed by atoms with Gasteiger partial charge in [-0.25, -0.2) is 0 Å². The molecule has 0 radical (unpaired) electrons. The van der Waals surface area contributed by atoms with Crippen LogP contribution in [0.4, 0.5) is 45.5 Å². The van der Waals surface area contributed by atoms with Crippen molar-refractivity contribution in [3.63, 3.8) is 0 Å². The van der Waals surface area contributed by atoms with Crippen LogP contribution in [0.5, 0.6) is 0 Å². The predicted molar refractivity (Wildman–Crippen MR) is 312 cm³/mol. The number of aryl methyl sites for hydroxylation is 1. The predicted octanol–water partition coefficient (Wildman–Crippen LogP) is 17.1. The summed E-state index contributed by atoms with van der Waals surface area (Å²) in [6.45, 7) is 14.4. The molecule has 0 amide bonds. The quantitative estimate of drug-likeness (QED) is 0.164. The van der Waals surface area contributed by atoms with Crippen molar-refractivity contribution in [2.75, 3.05) is 14.7 Å². The standard InChI is InChI=1S/C67H56BN3OS/c1-41-35-58-63-59(36-41)70(56-22-16-21-50-49-20-11-13-24-62(49)73-64(50)56)57-39-46(71-54-32-26-44(65(2,3)4)38-51(54)66(5)33-14-15-34-67(66,71)6)28-30-52(57)68(63)53-37-43(42-17-8-7-9-18-42)25-31-55(53)69(58)45-27-29-48-47-19-10-12-23-60(47)72-61(48)40-45/h7-13,16-32,35-40H,14-15,33-34H2,1-6H3. The number of para-hydroxylation sites is 1. The van der Waals surface area contributed by atoms with Gasteiger partial charge in [-0.05, 0) is 143 Å². The van der Waals surface area contributed by atoms with E-state index in [4.69, 9.17) is 4.42 Å². The van der Waals surface area contributed by atoms with E-state index >= 15 is 0 Å². The molecule has 354 valence electrons. The average molecular weight is 962 g/mol. The van der Waals surface area contributed by atoms with Crippen LogP contribution in [0.15, 0.2) is 186 Å². The van der Waals surface area contributed by atoms with Crippen LogP contribution >= 0.6 is 11.3 Å². The summed E-state index contributed by atoms with van der Waals surface area (Å²) in [5, 5.41) is 4.87. The highest BCUT2D eigenvalue weighted by Crippen LogP contribution is 2.62. The number of furan rings is 1. The van der Waals surface area contributed by atoms with Crippen molar-refractivity contribution in [2.45, 2.75) is 83.6 Å². The van der Waals surface area contributed by atoms with Gasteiger partial charge in [-0.15, -0.1) is 11.3 Å². The van der Waals surface area contributed by atoms with Gasteiger partial charge in [0.25, 0.3) is 6.71 Å². The summed E-state index contributed by atoms with van der Waals surface area (Å²) >= 11 is 1.91. The fourth-order valence-electron chi connectivity index (χ4n) is 14.0. The number of nitrogens with zero attached hydrogens (tertiary/aromatic N) is 3. The molecule has 3 aliphatic heterocycles. The molecule has 2 aromatic heterocycles. The molecule has 2 unspecified atom stereocenters. The molecule has 1 aliphatic carbocycles. The van der Waals surface area contributed by atoms with Crippen LogP contribution in [0.1, 0.15) is 77.0 Å². The zero-order valence-corrected chi connectivity index (χ0v) is 43.2. The zero-order chi connectivity index (χ0) is 49.1. The van der Waals surface area contributed by atoms with Crippen molar-refractivity contribution in [3.8, 4) is 11.1 Å². The monoisotopic (exact) mass is 961 g/mol. The number of benzene rings is 9. The first-order chi connectivity index (χ1) is 35.5. The second-order valence-corrected chi connectivity index (χ2v) is 23.9. The molecule has 0 N–H and O–H groups in total. The Kier molecular flexibility index (Phi) is 9.00. The third-order valence-electron chi connectivity index (χ3n) is 17.8. The maximum absolute atomic E-state index is 6.63. The summed E-state index contributed by atoms with van der Waals surface area (Å²) in [5.74, 6) is 0. The van der Waals surface area contributed by atoms with Gasteiger partial charge in [0.2, 0.25) is 0 Å². The number of anilines is 8. The number of fused-ring (bicyclic) bond motifs is 13. The van der Waals surface area contributed by atoms with Crippen molar-refractivity contribution in [2.24, 2.45) is 0 Å². The molecule has 15 rings (SSSR count). The van der Waals surface area contributed by atoms with Crippen LogP contribution < -0.4 is 31.1 Å². The Labute approximate surface area is 432 Å². The Morgan fingerprint density at radius 1 is 0.521 bits per heavy atom. The summed E-state index contributed by atoms with van der Waals surface area (Å²) in [5.41, 5.74) is 22.0. The summed E-state index contributed by atoms with van der Waals surface area (Å²) in [4.78, 5) is 7.96. The topological polar surface area (TPSA) is 22.9 Å². The second kappa shape index (κ2) is 15.3. The maximum atomic E-state index is 6.63. The molecule has 4 nitrogen and oxygen atoms in total. The molecule has 5 heterocycles. The Bertz CT molecular complexity index is 4130. The molecule has 2 atom stereocenters. The van der Waals surface area contributed by atoms with Crippen molar-refractivity contribution < 1.29 is 4.42 Å². The van der Waals surface area contributed by atoms with Crippen LogP contribution in [-0.4, -0.2) is 12.3 Å². The molecule has 1 fully saturated rings. The van der Waals surface area contributed by atoms with E-state index in [-0.39, 0.29) is 23.1 Å². The lowest BCUT2D eigenvalue weighted by Gasteiger charge is -2.50. The molecule has 73 heavy (non-hydrogen) atoms. The first-order valence-corrected chi connectivity index (χ1v) is 27.1. The summed E-state index contributed by atoms with van der Waals surface area (Å²) in [6.07, 6.45) is 4.81. The van der Waals surface area contributed by atoms with Crippen LogP contribution in [-0.2, 0) is 10.8 Å². The minimum atomic E-state index is -0.103. The molecule has 0 spiro atoms. The van der Waals surface area contributed by atoms with Gasteiger partial charge in [-0.2, -0.15) is 0 Å². The van der Waals surface area contributed by atoms with E-state index in [9.17, 15) is 0 Å². The highest BCUT2D eigenvalue weighted by molar-refractivity contribution is 7.26. The minimum absolute atomic E-state index is 0.00368. The third-order valence-corrected chi connectivity index (χ3v) is 19.0. The van der Waals surface area contributed by atoms with E-state index in [1.165, 1.54) is 123 Å². The van der Waals surface area contributed by atoms with Gasteiger partial charge in [0.15, 0.2) is 0 Å². The zero-order valence-electron chi connectivity index (χ0n) is 42.4. The number of rotatable bonds is 4. The molecule has 0 saturated heterocycles. The lowest BCUT2D eigenvalue weighted by Crippen LogP contribution is -2.61. The molecule has 6 heteroatoms. The van der Waals surface area contributed by atoms with E-state index in [0.29, 0.717) is 0 Å². The fraction of sp³-hybridized carbons (Fsp3) is 0.194. The number of hydrogen-bond donors (Lipinski definition) is 0. The first kappa shape index (κ1) is 43.1. The van der Waals surface area contributed by atoms with Crippen molar-refractivity contribution in [1.29, 1.82) is 0 Å². The lowest BCUT2D eigenvalue weighted by molar-refractivity contribution is 0.195. The minimum Gasteiger partial charge on any atom is -0.456 e. The summed E-state index contributed by atoms with van der Waals surface area (Å²) in [7, 11) is 0. The van der Waals surface area contributed by atoms with Crippen LogP contribution in [0.2, 0.25) is 0 Å². The van der Waals surface area contributed by atoms with Gasteiger partial charge < -0.3 is 19.1 Å². The van der Waals surface area contributed by atoms with Crippen molar-refractivity contribution >= 4 is 122 Å². The van der Waals surface area contributed by atoms with Crippen molar-refractivity contribution in [1.82, 2.24) is 0 Å². The van der Waals surface area contributed by atoms with Crippen LogP contribution in [0.25, 0.3) is 53.2 Å².